The number of rotatable bonds is 6. The number of nitrogens with zero attached hydrogens (tertiary/aromatic N) is 2. The number of phenols is 1. The molecule has 0 spiro atoms. The quantitative estimate of drug-likeness (QED) is 0.307. The molecule has 0 saturated heterocycles. The molecule has 3 N–H and O–H groups in total. The summed E-state index contributed by atoms with van der Waals surface area (Å²) in [5.41, 5.74) is 2.31. The van der Waals surface area contributed by atoms with E-state index in [1.807, 2.05) is 24.3 Å². The summed E-state index contributed by atoms with van der Waals surface area (Å²) in [6.07, 6.45) is 1.08. The average Bonchev–Trinajstić information content (AvgIpc) is 2.76. The van der Waals surface area contributed by atoms with Gasteiger partial charge in [0.25, 0.3) is 0 Å². The van der Waals surface area contributed by atoms with E-state index in [4.69, 9.17) is 23.2 Å². The number of aromatic hydroxyl groups is 1. The topological polar surface area (TPSA) is 70.1 Å². The van der Waals surface area contributed by atoms with Gasteiger partial charge in [0.15, 0.2) is 11.6 Å². The molecule has 0 unspecified atom stereocenters. The predicted molar refractivity (Wildman–Crippen MR) is 122 cm³/mol. The Bertz CT molecular complexity index is 1140. The number of nitrogens with one attached hydrogen (secondary N) is 2. The van der Waals surface area contributed by atoms with Gasteiger partial charge in [0, 0.05) is 21.8 Å². The van der Waals surface area contributed by atoms with Crippen molar-refractivity contribution in [3.05, 3.63) is 106 Å². The second-order valence-corrected chi connectivity index (χ2v) is 7.62. The van der Waals surface area contributed by atoms with Crippen LogP contribution >= 0.6 is 23.2 Å². The average molecular weight is 455 g/mol. The van der Waals surface area contributed by atoms with Crippen molar-refractivity contribution < 1.29 is 9.50 Å². The largest absolute Gasteiger partial charge is 0.508 e. The molecule has 4 aromatic rings. The summed E-state index contributed by atoms with van der Waals surface area (Å²) in [6, 6.07) is 20.6. The summed E-state index contributed by atoms with van der Waals surface area (Å²) in [5.74, 6) is -0.307. The van der Waals surface area contributed by atoms with Crippen LogP contribution in [-0.4, -0.2) is 15.1 Å². The zero-order chi connectivity index (χ0) is 21.8. The molecular formula is C23H17Cl2FN4O. The molecule has 5 nitrogen and oxygen atoms in total. The molecule has 0 aliphatic rings. The Kier molecular flexibility index (Phi) is 6.21. The zero-order valence-corrected chi connectivity index (χ0v) is 17.6. The Balaban J connectivity index is 1.67. The summed E-state index contributed by atoms with van der Waals surface area (Å²) >= 11 is 12.1. The summed E-state index contributed by atoms with van der Waals surface area (Å²) in [6.45, 7) is 0. The molecule has 8 heteroatoms. The number of hydrogen-bond donors (Lipinski definition) is 3. The molecule has 0 fully saturated rings. The number of halogens is 3. The maximum Gasteiger partial charge on any atom is 0.229 e. The van der Waals surface area contributed by atoms with Crippen LogP contribution < -0.4 is 10.6 Å². The van der Waals surface area contributed by atoms with Gasteiger partial charge >= 0.3 is 0 Å². The third-order valence-corrected chi connectivity index (χ3v) is 5.04. The van der Waals surface area contributed by atoms with Crippen molar-refractivity contribution in [3.63, 3.8) is 0 Å². The molecule has 0 bridgehead atoms. The highest BCUT2D eigenvalue weighted by Gasteiger charge is 2.18. The van der Waals surface area contributed by atoms with E-state index in [0.29, 0.717) is 15.7 Å². The molecule has 0 atom stereocenters. The number of phenolic OH excluding ortho intramolecular Hbond substituents is 1. The van der Waals surface area contributed by atoms with E-state index in [9.17, 15) is 9.50 Å². The minimum Gasteiger partial charge on any atom is -0.508 e. The van der Waals surface area contributed by atoms with Gasteiger partial charge < -0.3 is 15.7 Å². The lowest BCUT2D eigenvalue weighted by Gasteiger charge is -2.21. The van der Waals surface area contributed by atoms with E-state index < -0.39 is 11.9 Å². The van der Waals surface area contributed by atoms with Crippen molar-refractivity contribution in [3.8, 4) is 5.75 Å². The van der Waals surface area contributed by atoms with E-state index >= 15 is 0 Å². The highest BCUT2D eigenvalue weighted by Crippen LogP contribution is 2.29. The Hall–Kier alpha value is -3.35. The molecule has 0 radical (unpaired) electrons. The smallest absolute Gasteiger partial charge is 0.229 e. The first-order valence-corrected chi connectivity index (χ1v) is 10.1. The first-order valence-electron chi connectivity index (χ1n) is 9.34. The van der Waals surface area contributed by atoms with Crippen molar-refractivity contribution in [2.45, 2.75) is 6.04 Å². The van der Waals surface area contributed by atoms with Gasteiger partial charge in [-0.1, -0.05) is 53.5 Å². The fourth-order valence-electron chi connectivity index (χ4n) is 3.05. The summed E-state index contributed by atoms with van der Waals surface area (Å²) in [7, 11) is 0. The molecule has 31 heavy (non-hydrogen) atoms. The van der Waals surface area contributed by atoms with Crippen molar-refractivity contribution in [1.82, 2.24) is 9.97 Å². The molecule has 0 saturated carbocycles. The zero-order valence-electron chi connectivity index (χ0n) is 16.1. The van der Waals surface area contributed by atoms with Crippen LogP contribution in [0.15, 0.2) is 79.0 Å². The van der Waals surface area contributed by atoms with Crippen molar-refractivity contribution in [1.29, 1.82) is 0 Å². The minimum atomic E-state index is -0.602. The lowest BCUT2D eigenvalue weighted by atomic mass is 9.98. The second kappa shape index (κ2) is 9.20. The number of benzene rings is 3. The SMILES string of the molecule is Oc1cccc(Nc2ncc(F)c(NC(c3ccc(Cl)cc3)c3ccc(Cl)cc3)n2)c1. The normalized spacial score (nSPS) is 10.8. The summed E-state index contributed by atoms with van der Waals surface area (Å²) < 4.78 is 14.6. The van der Waals surface area contributed by atoms with Crippen LogP contribution in [-0.2, 0) is 0 Å². The second-order valence-electron chi connectivity index (χ2n) is 6.75. The van der Waals surface area contributed by atoms with Crippen LogP contribution in [0.3, 0.4) is 0 Å². The fourth-order valence-corrected chi connectivity index (χ4v) is 3.30. The van der Waals surface area contributed by atoms with Crippen LogP contribution in [0.2, 0.25) is 10.0 Å². The van der Waals surface area contributed by atoms with Crippen LogP contribution in [0.25, 0.3) is 0 Å². The van der Waals surface area contributed by atoms with Crippen LogP contribution in [0, 0.1) is 5.82 Å². The van der Waals surface area contributed by atoms with Gasteiger partial charge in [-0.2, -0.15) is 4.98 Å². The van der Waals surface area contributed by atoms with E-state index in [0.717, 1.165) is 17.3 Å². The number of hydrogen-bond acceptors (Lipinski definition) is 5. The molecular weight excluding hydrogens is 438 g/mol. The number of aromatic nitrogens is 2. The maximum atomic E-state index is 14.6. The standard InChI is InChI=1S/C23H17Cl2FN4O/c24-16-8-4-14(5-9-16)21(15-6-10-17(25)11-7-15)29-22-20(26)13-27-23(30-22)28-18-2-1-3-19(31)12-18/h1-13,21,31H,(H2,27,28,29,30). The minimum absolute atomic E-state index is 0.0209. The van der Waals surface area contributed by atoms with Gasteiger partial charge in [-0.15, -0.1) is 0 Å². The first kappa shape index (κ1) is 20.9. The highest BCUT2D eigenvalue weighted by molar-refractivity contribution is 6.30. The van der Waals surface area contributed by atoms with Gasteiger partial charge in [0.1, 0.15) is 5.75 Å². The van der Waals surface area contributed by atoms with Crippen LogP contribution in [0.4, 0.5) is 21.8 Å². The lowest BCUT2D eigenvalue weighted by molar-refractivity contribution is 0.475. The van der Waals surface area contributed by atoms with Crippen molar-refractivity contribution in [2.24, 2.45) is 0 Å². The Labute approximate surface area is 188 Å². The van der Waals surface area contributed by atoms with Crippen molar-refractivity contribution in [2.75, 3.05) is 10.6 Å². The highest BCUT2D eigenvalue weighted by atomic mass is 35.5. The van der Waals surface area contributed by atoms with Gasteiger partial charge in [-0.05, 0) is 47.5 Å². The van der Waals surface area contributed by atoms with E-state index in [1.54, 1.807) is 42.5 Å². The Morgan fingerprint density at radius 3 is 2.06 bits per heavy atom. The monoisotopic (exact) mass is 454 g/mol. The first-order chi connectivity index (χ1) is 15.0. The van der Waals surface area contributed by atoms with Crippen LogP contribution in [0.5, 0.6) is 5.75 Å². The van der Waals surface area contributed by atoms with E-state index in [1.165, 1.54) is 6.07 Å². The summed E-state index contributed by atoms with van der Waals surface area (Å²) in [5, 5.41) is 16.9. The molecule has 0 aliphatic carbocycles. The van der Waals surface area contributed by atoms with E-state index in [-0.39, 0.29) is 17.5 Å². The van der Waals surface area contributed by atoms with Gasteiger partial charge in [0.05, 0.1) is 12.2 Å². The molecule has 1 heterocycles. The van der Waals surface area contributed by atoms with Gasteiger partial charge in [0.2, 0.25) is 5.95 Å². The van der Waals surface area contributed by atoms with E-state index in [2.05, 4.69) is 20.6 Å². The fraction of sp³-hybridized carbons (Fsp3) is 0.0435. The Morgan fingerprint density at radius 2 is 1.48 bits per heavy atom. The molecule has 3 aromatic carbocycles. The predicted octanol–water partition coefficient (Wildman–Crippen LogP) is 6.57. The maximum absolute atomic E-state index is 14.6. The lowest BCUT2D eigenvalue weighted by Crippen LogP contribution is -2.15. The third-order valence-electron chi connectivity index (χ3n) is 4.53. The summed E-state index contributed by atoms with van der Waals surface area (Å²) in [4.78, 5) is 8.27. The van der Waals surface area contributed by atoms with Gasteiger partial charge in [-0.3, -0.25) is 0 Å². The third kappa shape index (κ3) is 5.23. The number of anilines is 3. The van der Waals surface area contributed by atoms with Gasteiger partial charge in [-0.25, -0.2) is 9.37 Å². The van der Waals surface area contributed by atoms with Crippen LogP contribution in [0.1, 0.15) is 17.2 Å². The Morgan fingerprint density at radius 1 is 0.871 bits per heavy atom. The van der Waals surface area contributed by atoms with Crippen molar-refractivity contribution >= 4 is 40.7 Å². The molecule has 1 aromatic heterocycles. The molecule has 156 valence electrons. The molecule has 0 amide bonds. The molecule has 0 aliphatic heterocycles. The molecule has 4 rings (SSSR count).